The maximum absolute atomic E-state index is 10.4. The molecule has 0 spiro atoms. The molecule has 1 aromatic carbocycles. The second-order valence-corrected chi connectivity index (χ2v) is 4.04. The molecule has 94 valence electrons. The number of non-ortho nitro benzene ring substituents is 1. The first-order chi connectivity index (χ1) is 8.24. The molecule has 0 N–H and O–H groups in total. The molecule has 0 saturated heterocycles. The van der Waals surface area contributed by atoms with Gasteiger partial charge in [-0.25, -0.2) is 0 Å². The molecule has 0 unspecified atom stereocenters. The fourth-order valence-electron chi connectivity index (χ4n) is 1.53. The minimum atomic E-state index is -0.393. The maximum atomic E-state index is 10.4. The number of rotatable bonds is 8. The van der Waals surface area contributed by atoms with Crippen molar-refractivity contribution in [2.24, 2.45) is 0 Å². The molecule has 0 radical (unpaired) electrons. The third-order valence-electron chi connectivity index (χ3n) is 2.56. The molecule has 1 rings (SSSR count). The van der Waals surface area contributed by atoms with Crippen LogP contribution in [-0.4, -0.2) is 11.5 Å². The van der Waals surface area contributed by atoms with Gasteiger partial charge in [0.1, 0.15) is 0 Å². The van der Waals surface area contributed by atoms with E-state index in [-0.39, 0.29) is 5.69 Å². The quantitative estimate of drug-likeness (QED) is 0.393. The number of nitro groups is 1. The van der Waals surface area contributed by atoms with E-state index in [0.29, 0.717) is 6.61 Å². The van der Waals surface area contributed by atoms with Gasteiger partial charge < -0.3 is 4.74 Å². The molecule has 0 heterocycles. The van der Waals surface area contributed by atoms with E-state index in [9.17, 15) is 10.1 Å². The molecular formula is C13H19NO3. The van der Waals surface area contributed by atoms with E-state index in [1.54, 1.807) is 12.1 Å². The molecule has 0 aromatic heterocycles. The number of hydrogen-bond acceptors (Lipinski definition) is 3. The van der Waals surface area contributed by atoms with E-state index < -0.39 is 4.92 Å². The topological polar surface area (TPSA) is 52.4 Å². The van der Waals surface area contributed by atoms with E-state index >= 15 is 0 Å². The lowest BCUT2D eigenvalue weighted by Crippen LogP contribution is -1.96. The van der Waals surface area contributed by atoms with Gasteiger partial charge in [-0.15, -0.1) is 0 Å². The lowest BCUT2D eigenvalue weighted by molar-refractivity contribution is -0.384. The van der Waals surface area contributed by atoms with Gasteiger partial charge in [0.25, 0.3) is 5.69 Å². The average molecular weight is 237 g/mol. The van der Waals surface area contributed by atoms with Gasteiger partial charge in [-0.2, -0.15) is 0 Å². The number of ether oxygens (including phenoxy) is 1. The molecular weight excluding hydrogens is 218 g/mol. The van der Waals surface area contributed by atoms with Gasteiger partial charge >= 0.3 is 0 Å². The van der Waals surface area contributed by atoms with Gasteiger partial charge in [0, 0.05) is 18.7 Å². The molecule has 0 fully saturated rings. The van der Waals surface area contributed by atoms with Gasteiger partial charge in [-0.3, -0.25) is 10.1 Å². The van der Waals surface area contributed by atoms with Crippen LogP contribution < -0.4 is 0 Å². The standard InChI is InChI=1S/C13H19NO3/c1-2-3-4-5-10-17-11-12-6-8-13(9-7-12)14(15)16/h6-9H,2-5,10-11H2,1H3. The zero-order valence-corrected chi connectivity index (χ0v) is 10.2. The zero-order chi connectivity index (χ0) is 12.5. The highest BCUT2D eigenvalue weighted by molar-refractivity contribution is 5.32. The van der Waals surface area contributed by atoms with E-state index in [0.717, 1.165) is 18.6 Å². The molecule has 1 aromatic rings. The maximum Gasteiger partial charge on any atom is 0.269 e. The first kappa shape index (κ1) is 13.6. The van der Waals surface area contributed by atoms with Crippen molar-refractivity contribution >= 4 is 5.69 Å². The van der Waals surface area contributed by atoms with Crippen LogP contribution in [0.25, 0.3) is 0 Å². The Morgan fingerprint density at radius 3 is 2.47 bits per heavy atom. The Balaban J connectivity index is 2.21. The summed E-state index contributed by atoms with van der Waals surface area (Å²) in [5, 5.41) is 10.4. The second-order valence-electron chi connectivity index (χ2n) is 4.04. The Labute approximate surface area is 102 Å². The summed E-state index contributed by atoms with van der Waals surface area (Å²) in [6.45, 7) is 3.47. The fourth-order valence-corrected chi connectivity index (χ4v) is 1.53. The van der Waals surface area contributed by atoms with E-state index in [2.05, 4.69) is 6.92 Å². The minimum absolute atomic E-state index is 0.122. The second kappa shape index (κ2) is 7.79. The van der Waals surface area contributed by atoms with Crippen LogP contribution in [0.5, 0.6) is 0 Å². The molecule has 4 heteroatoms. The average Bonchev–Trinajstić information content (AvgIpc) is 2.34. The Morgan fingerprint density at radius 1 is 1.18 bits per heavy atom. The first-order valence-corrected chi connectivity index (χ1v) is 6.05. The summed E-state index contributed by atoms with van der Waals surface area (Å²) in [6, 6.07) is 6.50. The van der Waals surface area contributed by atoms with Crippen LogP contribution in [0.15, 0.2) is 24.3 Å². The van der Waals surface area contributed by atoms with Crippen LogP contribution in [0.3, 0.4) is 0 Å². The number of nitrogens with zero attached hydrogens (tertiary/aromatic N) is 1. The summed E-state index contributed by atoms with van der Waals surface area (Å²) in [5.74, 6) is 0. The van der Waals surface area contributed by atoms with Crippen LogP contribution in [0.1, 0.15) is 38.2 Å². The highest BCUT2D eigenvalue weighted by atomic mass is 16.6. The Kier molecular flexibility index (Phi) is 6.25. The molecule has 0 aliphatic carbocycles. The molecule has 17 heavy (non-hydrogen) atoms. The Hall–Kier alpha value is -1.42. The van der Waals surface area contributed by atoms with E-state index in [1.165, 1.54) is 31.4 Å². The lowest BCUT2D eigenvalue weighted by atomic mass is 10.2. The highest BCUT2D eigenvalue weighted by Crippen LogP contribution is 2.12. The van der Waals surface area contributed by atoms with Crippen LogP contribution in [-0.2, 0) is 11.3 Å². The van der Waals surface area contributed by atoms with Gasteiger partial charge in [-0.1, -0.05) is 26.2 Å². The van der Waals surface area contributed by atoms with Crippen molar-refractivity contribution in [2.75, 3.05) is 6.61 Å². The van der Waals surface area contributed by atoms with Crippen molar-refractivity contribution < 1.29 is 9.66 Å². The Bertz CT molecular complexity index is 335. The number of unbranched alkanes of at least 4 members (excludes halogenated alkanes) is 3. The SMILES string of the molecule is CCCCCCOCc1ccc([N+](=O)[O-])cc1. The number of benzene rings is 1. The molecule has 0 aliphatic rings. The molecule has 0 atom stereocenters. The van der Waals surface area contributed by atoms with Crippen LogP contribution in [0.4, 0.5) is 5.69 Å². The lowest BCUT2D eigenvalue weighted by Gasteiger charge is -2.03. The number of hydrogen-bond donors (Lipinski definition) is 0. The largest absolute Gasteiger partial charge is 0.377 e. The molecule has 0 amide bonds. The predicted molar refractivity (Wildman–Crippen MR) is 66.9 cm³/mol. The normalized spacial score (nSPS) is 10.4. The summed E-state index contributed by atoms with van der Waals surface area (Å²) in [6.07, 6.45) is 4.76. The van der Waals surface area contributed by atoms with E-state index in [4.69, 9.17) is 4.74 Å². The molecule has 0 aliphatic heterocycles. The summed E-state index contributed by atoms with van der Waals surface area (Å²) >= 11 is 0. The smallest absolute Gasteiger partial charge is 0.269 e. The summed E-state index contributed by atoms with van der Waals surface area (Å²) in [7, 11) is 0. The Morgan fingerprint density at radius 2 is 1.88 bits per heavy atom. The summed E-state index contributed by atoms with van der Waals surface area (Å²) < 4.78 is 5.50. The first-order valence-electron chi connectivity index (χ1n) is 6.05. The van der Waals surface area contributed by atoms with Crippen molar-refractivity contribution in [1.29, 1.82) is 0 Å². The van der Waals surface area contributed by atoms with Crippen molar-refractivity contribution in [2.45, 2.75) is 39.2 Å². The summed E-state index contributed by atoms with van der Waals surface area (Å²) in [4.78, 5) is 10.1. The van der Waals surface area contributed by atoms with Crippen molar-refractivity contribution in [3.05, 3.63) is 39.9 Å². The van der Waals surface area contributed by atoms with Crippen molar-refractivity contribution in [1.82, 2.24) is 0 Å². The van der Waals surface area contributed by atoms with Crippen molar-refractivity contribution in [3.63, 3.8) is 0 Å². The minimum Gasteiger partial charge on any atom is -0.377 e. The third kappa shape index (κ3) is 5.45. The number of nitro benzene ring substituents is 1. The van der Waals surface area contributed by atoms with Gasteiger partial charge in [-0.05, 0) is 24.1 Å². The molecule has 0 bridgehead atoms. The summed E-state index contributed by atoms with van der Waals surface area (Å²) in [5.41, 5.74) is 1.10. The third-order valence-corrected chi connectivity index (χ3v) is 2.56. The van der Waals surface area contributed by atoms with Gasteiger partial charge in [0.2, 0.25) is 0 Å². The van der Waals surface area contributed by atoms with Gasteiger partial charge in [0.15, 0.2) is 0 Å². The van der Waals surface area contributed by atoms with Crippen molar-refractivity contribution in [3.8, 4) is 0 Å². The fraction of sp³-hybridized carbons (Fsp3) is 0.538. The van der Waals surface area contributed by atoms with E-state index in [1.807, 2.05) is 0 Å². The highest BCUT2D eigenvalue weighted by Gasteiger charge is 2.03. The van der Waals surface area contributed by atoms with Gasteiger partial charge in [0.05, 0.1) is 11.5 Å². The monoisotopic (exact) mass is 237 g/mol. The van der Waals surface area contributed by atoms with Crippen LogP contribution in [0, 0.1) is 10.1 Å². The van der Waals surface area contributed by atoms with Crippen LogP contribution in [0.2, 0.25) is 0 Å². The molecule has 0 saturated carbocycles. The van der Waals surface area contributed by atoms with Crippen LogP contribution >= 0.6 is 0 Å². The zero-order valence-electron chi connectivity index (χ0n) is 10.2. The molecule has 4 nitrogen and oxygen atoms in total. The predicted octanol–water partition coefficient (Wildman–Crippen LogP) is 3.69.